The molecule has 17 heavy (non-hydrogen) atoms. The van der Waals surface area contributed by atoms with E-state index in [2.05, 4.69) is 5.32 Å². The number of hydrogen-bond acceptors (Lipinski definition) is 3. The maximum atomic E-state index is 11.4. The zero-order chi connectivity index (χ0) is 13.3. The summed E-state index contributed by atoms with van der Waals surface area (Å²) in [5, 5.41) is 11.2. The number of hydrogen-bond donors (Lipinski definition) is 3. The summed E-state index contributed by atoms with van der Waals surface area (Å²) in [6, 6.07) is -1.03. The standard InChI is InChI=1S/C11H20N2O4/c1-2-3-4-5-10(15)13-8(11(16)17)6-7-9(12)14/h8H,2-7H2,1H3,(H2,12,14)(H,13,15)(H,16,17)/t8-/m0/s1. The van der Waals surface area contributed by atoms with Crippen LogP contribution in [0.5, 0.6) is 0 Å². The van der Waals surface area contributed by atoms with E-state index in [0.717, 1.165) is 19.3 Å². The molecule has 0 bridgehead atoms. The van der Waals surface area contributed by atoms with E-state index in [9.17, 15) is 14.4 Å². The van der Waals surface area contributed by atoms with Gasteiger partial charge in [0.2, 0.25) is 11.8 Å². The summed E-state index contributed by atoms with van der Waals surface area (Å²) in [6.07, 6.45) is 2.97. The van der Waals surface area contributed by atoms with E-state index < -0.39 is 17.9 Å². The van der Waals surface area contributed by atoms with E-state index in [0.29, 0.717) is 6.42 Å². The fourth-order valence-electron chi connectivity index (χ4n) is 1.35. The Bertz CT molecular complexity index is 279. The van der Waals surface area contributed by atoms with Crippen molar-refractivity contribution in [3.8, 4) is 0 Å². The molecule has 0 aliphatic carbocycles. The Hall–Kier alpha value is -1.59. The highest BCUT2D eigenvalue weighted by Crippen LogP contribution is 2.02. The quantitative estimate of drug-likeness (QED) is 0.510. The minimum absolute atomic E-state index is 0.0319. The maximum absolute atomic E-state index is 11.4. The third-order valence-corrected chi connectivity index (χ3v) is 2.32. The van der Waals surface area contributed by atoms with Gasteiger partial charge in [0.25, 0.3) is 0 Å². The molecule has 0 aromatic carbocycles. The van der Waals surface area contributed by atoms with Gasteiger partial charge in [0, 0.05) is 12.8 Å². The van der Waals surface area contributed by atoms with Crippen LogP contribution in [-0.4, -0.2) is 28.9 Å². The first-order valence-corrected chi connectivity index (χ1v) is 5.77. The summed E-state index contributed by atoms with van der Waals surface area (Å²) in [5.41, 5.74) is 4.93. The Morgan fingerprint density at radius 1 is 1.24 bits per heavy atom. The number of amides is 2. The first kappa shape index (κ1) is 15.4. The van der Waals surface area contributed by atoms with Crippen molar-refractivity contribution >= 4 is 17.8 Å². The van der Waals surface area contributed by atoms with Crippen molar-refractivity contribution in [2.24, 2.45) is 5.73 Å². The van der Waals surface area contributed by atoms with Crippen LogP contribution >= 0.6 is 0 Å². The molecule has 0 unspecified atom stereocenters. The number of carboxylic acid groups (broad SMARTS) is 1. The lowest BCUT2D eigenvalue weighted by molar-refractivity contribution is -0.142. The summed E-state index contributed by atoms with van der Waals surface area (Å²) in [7, 11) is 0. The normalized spacial score (nSPS) is 11.8. The average molecular weight is 244 g/mol. The molecule has 0 aliphatic heterocycles. The van der Waals surface area contributed by atoms with Crippen LogP contribution in [0.4, 0.5) is 0 Å². The van der Waals surface area contributed by atoms with Crippen LogP contribution in [0.3, 0.4) is 0 Å². The van der Waals surface area contributed by atoms with Crippen molar-refractivity contribution in [2.75, 3.05) is 0 Å². The number of nitrogens with two attached hydrogens (primary N) is 1. The van der Waals surface area contributed by atoms with Gasteiger partial charge in [-0.05, 0) is 12.8 Å². The first-order chi connectivity index (χ1) is 7.97. The third-order valence-electron chi connectivity index (χ3n) is 2.32. The molecule has 2 amide bonds. The molecule has 0 spiro atoms. The number of unbranched alkanes of at least 4 members (excludes halogenated alkanes) is 2. The van der Waals surface area contributed by atoms with E-state index >= 15 is 0 Å². The molecular weight excluding hydrogens is 224 g/mol. The third kappa shape index (κ3) is 8.24. The van der Waals surface area contributed by atoms with Gasteiger partial charge in [0.1, 0.15) is 6.04 Å². The van der Waals surface area contributed by atoms with Gasteiger partial charge in [-0.1, -0.05) is 19.8 Å². The second-order valence-corrected chi connectivity index (χ2v) is 3.92. The molecule has 0 saturated heterocycles. The largest absolute Gasteiger partial charge is 0.480 e. The van der Waals surface area contributed by atoms with E-state index in [4.69, 9.17) is 10.8 Å². The lowest BCUT2D eigenvalue weighted by Crippen LogP contribution is -2.41. The van der Waals surface area contributed by atoms with Crippen LogP contribution in [0.25, 0.3) is 0 Å². The van der Waals surface area contributed by atoms with E-state index in [1.54, 1.807) is 0 Å². The summed E-state index contributed by atoms with van der Waals surface area (Å²) in [5.74, 6) is -2.01. The highest BCUT2D eigenvalue weighted by molar-refractivity contribution is 5.84. The van der Waals surface area contributed by atoms with Crippen molar-refractivity contribution in [2.45, 2.75) is 51.5 Å². The number of primary amides is 1. The van der Waals surface area contributed by atoms with Gasteiger partial charge in [-0.3, -0.25) is 9.59 Å². The molecular formula is C11H20N2O4. The van der Waals surface area contributed by atoms with Crippen molar-refractivity contribution in [1.29, 1.82) is 0 Å². The predicted octanol–water partition coefficient (Wildman–Crippen LogP) is 0.402. The van der Waals surface area contributed by atoms with Gasteiger partial charge in [-0.15, -0.1) is 0 Å². The topological polar surface area (TPSA) is 109 Å². The second-order valence-electron chi connectivity index (χ2n) is 3.92. The summed E-state index contributed by atoms with van der Waals surface area (Å²) in [6.45, 7) is 2.02. The van der Waals surface area contributed by atoms with E-state index in [-0.39, 0.29) is 18.7 Å². The molecule has 0 aromatic rings. The highest BCUT2D eigenvalue weighted by atomic mass is 16.4. The van der Waals surface area contributed by atoms with Gasteiger partial charge in [0.15, 0.2) is 0 Å². The fraction of sp³-hybridized carbons (Fsp3) is 0.727. The Kier molecular flexibility index (Phi) is 7.75. The van der Waals surface area contributed by atoms with Gasteiger partial charge in [-0.2, -0.15) is 0 Å². The van der Waals surface area contributed by atoms with Crippen molar-refractivity contribution in [1.82, 2.24) is 5.32 Å². The number of nitrogens with one attached hydrogen (secondary N) is 1. The second kappa shape index (κ2) is 8.55. The molecule has 6 heteroatoms. The first-order valence-electron chi connectivity index (χ1n) is 5.77. The number of carboxylic acids is 1. The Balaban J connectivity index is 4.02. The summed E-state index contributed by atoms with van der Waals surface area (Å²) >= 11 is 0. The van der Waals surface area contributed by atoms with Crippen LogP contribution in [0.2, 0.25) is 0 Å². The number of carbonyl (C=O) groups is 3. The van der Waals surface area contributed by atoms with Crippen molar-refractivity contribution < 1.29 is 19.5 Å². The zero-order valence-electron chi connectivity index (χ0n) is 10.1. The lowest BCUT2D eigenvalue weighted by Gasteiger charge is -2.13. The zero-order valence-corrected chi connectivity index (χ0v) is 10.1. The maximum Gasteiger partial charge on any atom is 0.326 e. The molecule has 4 N–H and O–H groups in total. The number of carbonyl (C=O) groups excluding carboxylic acids is 2. The molecule has 0 aliphatic rings. The SMILES string of the molecule is CCCCCC(=O)N[C@@H](CCC(N)=O)C(=O)O. The molecule has 0 saturated carbocycles. The fourth-order valence-corrected chi connectivity index (χ4v) is 1.35. The van der Waals surface area contributed by atoms with E-state index in [1.807, 2.05) is 6.92 Å². The van der Waals surface area contributed by atoms with Crippen LogP contribution in [0.15, 0.2) is 0 Å². The molecule has 1 atom stereocenters. The monoisotopic (exact) mass is 244 g/mol. The minimum atomic E-state index is -1.14. The van der Waals surface area contributed by atoms with Gasteiger partial charge >= 0.3 is 5.97 Å². The number of aliphatic carboxylic acids is 1. The molecule has 0 aromatic heterocycles. The molecule has 0 rings (SSSR count). The van der Waals surface area contributed by atoms with Gasteiger partial charge in [0.05, 0.1) is 0 Å². The lowest BCUT2D eigenvalue weighted by atomic mass is 10.1. The van der Waals surface area contributed by atoms with Crippen molar-refractivity contribution in [3.63, 3.8) is 0 Å². The highest BCUT2D eigenvalue weighted by Gasteiger charge is 2.19. The molecule has 98 valence electrons. The molecule has 6 nitrogen and oxygen atoms in total. The van der Waals surface area contributed by atoms with Crippen LogP contribution < -0.4 is 11.1 Å². The molecule has 0 radical (unpaired) electrons. The summed E-state index contributed by atoms with van der Waals surface area (Å²) in [4.78, 5) is 32.7. The Labute approximate surface area is 101 Å². The minimum Gasteiger partial charge on any atom is -0.480 e. The van der Waals surface area contributed by atoms with Crippen LogP contribution in [-0.2, 0) is 14.4 Å². The van der Waals surface area contributed by atoms with Gasteiger partial charge in [-0.25, -0.2) is 4.79 Å². The average Bonchev–Trinajstić information content (AvgIpc) is 2.23. The van der Waals surface area contributed by atoms with E-state index in [1.165, 1.54) is 0 Å². The Morgan fingerprint density at radius 3 is 2.35 bits per heavy atom. The summed E-state index contributed by atoms with van der Waals surface area (Å²) < 4.78 is 0. The smallest absolute Gasteiger partial charge is 0.326 e. The van der Waals surface area contributed by atoms with Crippen molar-refractivity contribution in [3.05, 3.63) is 0 Å². The molecule has 0 heterocycles. The van der Waals surface area contributed by atoms with Crippen LogP contribution in [0, 0.1) is 0 Å². The predicted molar refractivity (Wildman–Crippen MR) is 62.1 cm³/mol. The van der Waals surface area contributed by atoms with Gasteiger partial charge < -0.3 is 16.2 Å². The molecule has 0 fully saturated rings. The van der Waals surface area contributed by atoms with Crippen LogP contribution in [0.1, 0.15) is 45.4 Å². The Morgan fingerprint density at radius 2 is 1.88 bits per heavy atom. The number of rotatable bonds is 9.